The van der Waals surface area contributed by atoms with Crippen molar-refractivity contribution in [3.63, 3.8) is 0 Å². The van der Waals surface area contributed by atoms with E-state index in [-0.39, 0.29) is 23.1 Å². The fourth-order valence-electron chi connectivity index (χ4n) is 3.74. The molecule has 4 aromatic rings. The fourth-order valence-corrected chi connectivity index (χ4v) is 5.56. The Morgan fingerprint density at radius 3 is 2.74 bits per heavy atom. The molecular formula is C25H28FN7O4S2. The normalized spacial score (nSPS) is 12.3. The molecule has 0 unspecified atom stereocenters. The van der Waals surface area contributed by atoms with E-state index in [2.05, 4.69) is 35.5 Å². The van der Waals surface area contributed by atoms with Gasteiger partial charge in [-0.25, -0.2) is 22.6 Å². The number of rotatable bonds is 11. The number of halogens is 1. The summed E-state index contributed by atoms with van der Waals surface area (Å²) in [5, 5.41) is 12.9. The fraction of sp³-hybridized carbons (Fsp3) is 0.280. The molecule has 206 valence electrons. The van der Waals surface area contributed by atoms with Gasteiger partial charge in [0.25, 0.3) is 0 Å². The molecule has 1 atom stereocenters. The third kappa shape index (κ3) is 6.82. The number of nitrogens with zero attached hydrogens (tertiary/aromatic N) is 3. The Morgan fingerprint density at radius 1 is 1.21 bits per heavy atom. The molecule has 39 heavy (non-hydrogen) atoms. The number of aromatic nitrogens is 4. The number of esters is 1. The lowest BCUT2D eigenvalue weighted by Crippen LogP contribution is -2.43. The number of aryl methyl sites for hydroxylation is 2. The van der Waals surface area contributed by atoms with Gasteiger partial charge >= 0.3 is 5.97 Å². The zero-order valence-corrected chi connectivity index (χ0v) is 23.3. The number of ether oxygens (including phenoxy) is 1. The van der Waals surface area contributed by atoms with Gasteiger partial charge in [-0.3, -0.25) is 5.10 Å². The third-order valence-electron chi connectivity index (χ3n) is 5.73. The van der Waals surface area contributed by atoms with Crippen LogP contribution < -0.4 is 20.1 Å². The van der Waals surface area contributed by atoms with Crippen molar-refractivity contribution in [2.45, 2.75) is 31.2 Å². The highest BCUT2D eigenvalue weighted by atomic mass is 32.2. The predicted octanol–water partition coefficient (Wildman–Crippen LogP) is 3.90. The van der Waals surface area contributed by atoms with E-state index in [1.165, 1.54) is 36.0 Å². The average molecular weight is 574 g/mol. The van der Waals surface area contributed by atoms with Crippen molar-refractivity contribution in [1.82, 2.24) is 24.9 Å². The molecule has 0 radical (unpaired) electrons. The quantitative estimate of drug-likeness (QED) is 0.195. The van der Waals surface area contributed by atoms with Crippen molar-refractivity contribution in [1.29, 1.82) is 0 Å². The van der Waals surface area contributed by atoms with Gasteiger partial charge in [-0.1, -0.05) is 0 Å². The van der Waals surface area contributed by atoms with Crippen LogP contribution in [0.15, 0.2) is 47.5 Å². The lowest BCUT2D eigenvalue weighted by atomic mass is 10.1. The number of carbonyl (C=O) groups excluding carboxylic acids is 1. The van der Waals surface area contributed by atoms with E-state index in [1.54, 1.807) is 39.2 Å². The first-order valence-corrected chi connectivity index (χ1v) is 14.7. The SMILES string of the molecule is CNc1ccnc(Nc2cc(C)cc(S(=O)(=O)N[C@@H](CCSC)C(=O)Oc3n[nH]c4cc(F)c(C)cc34)c2)n1. The number of aromatic amines is 1. The molecule has 0 spiro atoms. The Labute approximate surface area is 229 Å². The first-order chi connectivity index (χ1) is 18.6. The molecule has 0 aliphatic carbocycles. The molecule has 2 aromatic carbocycles. The number of benzene rings is 2. The van der Waals surface area contributed by atoms with Crippen molar-refractivity contribution >= 4 is 56.1 Å². The van der Waals surface area contributed by atoms with E-state index >= 15 is 0 Å². The van der Waals surface area contributed by atoms with Crippen molar-refractivity contribution in [2.24, 2.45) is 0 Å². The van der Waals surface area contributed by atoms with Gasteiger partial charge in [0.2, 0.25) is 21.9 Å². The van der Waals surface area contributed by atoms with Crippen LogP contribution in [0.3, 0.4) is 0 Å². The van der Waals surface area contributed by atoms with Crippen molar-refractivity contribution in [3.05, 3.63) is 59.5 Å². The molecule has 0 saturated heterocycles. The first kappa shape index (κ1) is 28.3. The monoisotopic (exact) mass is 573 g/mol. The molecule has 0 aliphatic heterocycles. The highest BCUT2D eigenvalue weighted by molar-refractivity contribution is 7.98. The van der Waals surface area contributed by atoms with E-state index in [4.69, 9.17) is 4.74 Å². The molecule has 4 rings (SSSR count). The predicted molar refractivity (Wildman–Crippen MR) is 150 cm³/mol. The summed E-state index contributed by atoms with van der Waals surface area (Å²) >= 11 is 1.46. The largest absolute Gasteiger partial charge is 0.404 e. The lowest BCUT2D eigenvalue weighted by Gasteiger charge is -2.18. The maximum absolute atomic E-state index is 13.9. The summed E-state index contributed by atoms with van der Waals surface area (Å²) in [7, 11) is -2.42. The van der Waals surface area contributed by atoms with Gasteiger partial charge in [0.1, 0.15) is 17.7 Å². The summed E-state index contributed by atoms with van der Waals surface area (Å²) in [6.07, 6.45) is 3.59. The molecular weight excluding hydrogens is 545 g/mol. The van der Waals surface area contributed by atoms with Crippen molar-refractivity contribution < 1.29 is 22.3 Å². The second kappa shape index (κ2) is 12.0. The lowest BCUT2D eigenvalue weighted by molar-refractivity contribution is -0.136. The van der Waals surface area contributed by atoms with Crippen LogP contribution in [-0.2, 0) is 14.8 Å². The molecule has 0 amide bonds. The molecule has 0 fully saturated rings. The Kier molecular flexibility index (Phi) is 8.67. The Balaban J connectivity index is 1.57. The van der Waals surface area contributed by atoms with Crippen LogP contribution >= 0.6 is 11.8 Å². The summed E-state index contributed by atoms with van der Waals surface area (Å²) < 4.78 is 48.7. The highest BCUT2D eigenvalue weighted by Gasteiger charge is 2.29. The minimum Gasteiger partial charge on any atom is -0.404 e. The molecule has 11 nitrogen and oxygen atoms in total. The van der Waals surface area contributed by atoms with Gasteiger partial charge < -0.3 is 15.4 Å². The number of thioether (sulfide) groups is 1. The minimum atomic E-state index is -4.15. The molecule has 2 heterocycles. The summed E-state index contributed by atoms with van der Waals surface area (Å²) in [5.74, 6) is 0.0566. The number of H-pyrrole nitrogens is 1. The standard InChI is InChI=1S/C25H28FN7O4S2/c1-14-9-16(29-25-28-7-5-22(27-3)30-25)12-17(10-14)39(35,36)33-20(6-8-38-4)24(34)37-23-18-11-15(2)19(26)13-21(18)31-32-23/h5,7,9-13,20,33H,6,8H2,1-4H3,(H,31,32)(H2,27,28,29,30)/t20-/m0/s1. The zero-order chi connectivity index (χ0) is 28.2. The number of carbonyl (C=O) groups is 1. The van der Waals surface area contributed by atoms with E-state index < -0.39 is 27.9 Å². The first-order valence-electron chi connectivity index (χ1n) is 11.9. The van der Waals surface area contributed by atoms with Crippen LogP contribution in [0.5, 0.6) is 5.88 Å². The molecule has 0 saturated carbocycles. The van der Waals surface area contributed by atoms with Gasteiger partial charge in [-0.05, 0) is 79.8 Å². The van der Waals surface area contributed by atoms with Crippen LogP contribution in [0.2, 0.25) is 0 Å². The minimum absolute atomic E-state index is 0.0481. The summed E-state index contributed by atoms with van der Waals surface area (Å²) in [6.45, 7) is 3.33. The van der Waals surface area contributed by atoms with Gasteiger partial charge in [-0.15, -0.1) is 5.10 Å². The summed E-state index contributed by atoms with van der Waals surface area (Å²) in [6, 6.07) is 7.94. The number of anilines is 3. The maximum atomic E-state index is 13.9. The molecule has 2 aromatic heterocycles. The highest BCUT2D eigenvalue weighted by Crippen LogP contribution is 2.26. The van der Waals surface area contributed by atoms with Crippen LogP contribution in [0, 0.1) is 19.7 Å². The van der Waals surface area contributed by atoms with Crippen molar-refractivity contribution in [2.75, 3.05) is 29.7 Å². The van der Waals surface area contributed by atoms with E-state index in [0.717, 1.165) is 0 Å². The third-order valence-corrected chi connectivity index (χ3v) is 7.82. The van der Waals surface area contributed by atoms with Gasteiger partial charge in [-0.2, -0.15) is 21.5 Å². The molecule has 4 N–H and O–H groups in total. The van der Waals surface area contributed by atoms with Gasteiger partial charge in [0.15, 0.2) is 0 Å². The van der Waals surface area contributed by atoms with Crippen LogP contribution in [0.4, 0.5) is 21.8 Å². The Hall–Kier alpha value is -3.75. The number of sulfonamides is 1. The number of hydrogen-bond donors (Lipinski definition) is 4. The number of nitrogens with one attached hydrogen (secondary N) is 4. The van der Waals surface area contributed by atoms with Gasteiger partial charge in [0, 0.05) is 18.9 Å². The smallest absolute Gasteiger partial charge is 0.331 e. The van der Waals surface area contributed by atoms with Gasteiger partial charge in [0.05, 0.1) is 15.8 Å². The van der Waals surface area contributed by atoms with Crippen LogP contribution in [0.1, 0.15) is 17.5 Å². The number of hydrogen-bond acceptors (Lipinski definition) is 10. The topological polar surface area (TPSA) is 151 Å². The number of fused-ring (bicyclic) bond motifs is 1. The Morgan fingerprint density at radius 2 is 2.00 bits per heavy atom. The average Bonchev–Trinajstić information content (AvgIpc) is 3.27. The van der Waals surface area contributed by atoms with Crippen molar-refractivity contribution in [3.8, 4) is 5.88 Å². The second-order valence-electron chi connectivity index (χ2n) is 8.73. The summed E-state index contributed by atoms with van der Waals surface area (Å²) in [5.41, 5.74) is 1.83. The zero-order valence-electron chi connectivity index (χ0n) is 21.7. The van der Waals surface area contributed by atoms with Crippen LogP contribution in [-0.4, -0.2) is 59.7 Å². The van der Waals surface area contributed by atoms with E-state index in [1.807, 2.05) is 6.26 Å². The Bertz CT molecular complexity index is 1610. The molecule has 14 heteroatoms. The second-order valence-corrected chi connectivity index (χ2v) is 11.4. The molecule has 0 aliphatic rings. The van der Waals surface area contributed by atoms with E-state index in [9.17, 15) is 17.6 Å². The maximum Gasteiger partial charge on any atom is 0.331 e. The molecule has 0 bridgehead atoms. The van der Waals surface area contributed by atoms with E-state index in [0.29, 0.717) is 39.3 Å². The summed E-state index contributed by atoms with van der Waals surface area (Å²) in [4.78, 5) is 21.5. The van der Waals surface area contributed by atoms with Crippen LogP contribution in [0.25, 0.3) is 10.9 Å².